The molecule has 0 aromatic heterocycles. The maximum atomic E-state index is 14.1. The van der Waals surface area contributed by atoms with Crippen LogP contribution >= 0.6 is 12.6 Å². The number of thiol groups is 1. The maximum Gasteiger partial charge on any atom is 0.326 e. The summed E-state index contributed by atoms with van der Waals surface area (Å²) in [5, 5.41) is 49.1. The highest BCUT2D eigenvalue weighted by atomic mass is 32.1. The average Bonchev–Trinajstić information content (AvgIpc) is 3.32. The van der Waals surface area contributed by atoms with Crippen molar-refractivity contribution in [2.24, 2.45) is 17.6 Å². The third-order valence-electron chi connectivity index (χ3n) is 11.4. The number of benzene rings is 2. The normalized spacial score (nSPS) is 13.4. The molecule has 2 aromatic rings. The van der Waals surface area contributed by atoms with Gasteiger partial charge in [0.1, 0.15) is 17.9 Å². The van der Waals surface area contributed by atoms with Crippen LogP contribution in [0.2, 0.25) is 0 Å². The van der Waals surface area contributed by atoms with E-state index in [0.29, 0.717) is 19.3 Å². The standard InChI is InChI=1S/C49H68N6O15S/c50-36(46(65)54-39(28-44(62)63)41(58)27-34(30-71)47(66)67)29-52-45(64)33(24-31-14-7-5-8-15-31)26-40(57)38(25-32-16-9-6-10-17-32)53-42(59)19-12-4-2-1-3-11-18-35(56)21-22-37(48(68)69)55-49(70)51-23-13-20-43(60)61/h5-10,14-17,33-34,36-39,71H,1-4,11-13,18-30,50H2,(H,52,64)(H,53,59)(H,54,65)(H,60,61)(H,62,63)(H,66,67)(H,68,69)(H2,51,55,70)/t33-,34+,36+,37?,38+,39+/m1/s1. The summed E-state index contributed by atoms with van der Waals surface area (Å²) in [7, 11) is 0. The zero-order valence-electron chi connectivity index (χ0n) is 39.7. The van der Waals surface area contributed by atoms with Crippen LogP contribution in [0.1, 0.15) is 107 Å². The molecule has 21 nitrogen and oxygen atoms in total. The Morgan fingerprint density at radius 2 is 1.08 bits per heavy atom. The molecule has 0 saturated carbocycles. The minimum absolute atomic E-state index is 0.0439. The van der Waals surface area contributed by atoms with Crippen LogP contribution in [0.15, 0.2) is 60.7 Å². The van der Waals surface area contributed by atoms with Crippen LogP contribution in [0.4, 0.5) is 4.79 Å². The fourth-order valence-corrected chi connectivity index (χ4v) is 7.60. The highest BCUT2D eigenvalue weighted by molar-refractivity contribution is 7.80. The summed E-state index contributed by atoms with van der Waals surface area (Å²) in [6.45, 7) is -0.415. The van der Waals surface area contributed by atoms with Gasteiger partial charge in [-0.25, -0.2) is 9.59 Å². The number of carbonyl (C=O) groups excluding carboxylic acids is 7. The van der Waals surface area contributed by atoms with E-state index in [1.54, 1.807) is 42.5 Å². The van der Waals surface area contributed by atoms with Crippen molar-refractivity contribution in [2.45, 2.75) is 133 Å². The number of ketones is 3. The van der Waals surface area contributed by atoms with Gasteiger partial charge < -0.3 is 52.7 Å². The molecule has 0 bridgehead atoms. The number of rotatable bonds is 38. The number of carboxylic acids is 4. The van der Waals surface area contributed by atoms with Gasteiger partial charge in [-0.3, -0.25) is 43.2 Å². The number of unbranched alkanes of at least 4 members (excludes halogenated alkanes) is 5. The summed E-state index contributed by atoms with van der Waals surface area (Å²) in [5.41, 5.74) is 7.54. The molecular weight excluding hydrogens is 945 g/mol. The first-order chi connectivity index (χ1) is 33.8. The van der Waals surface area contributed by atoms with Crippen molar-refractivity contribution >= 4 is 77.6 Å². The molecule has 0 fully saturated rings. The van der Waals surface area contributed by atoms with E-state index < -0.39 is 109 Å². The number of nitrogens with two attached hydrogens (primary N) is 1. The van der Waals surface area contributed by atoms with Crippen molar-refractivity contribution in [1.82, 2.24) is 26.6 Å². The second kappa shape index (κ2) is 33.8. The molecule has 22 heteroatoms. The number of carboxylic acid groups (broad SMARTS) is 4. The fourth-order valence-electron chi connectivity index (χ4n) is 7.32. The van der Waals surface area contributed by atoms with Crippen LogP contribution in [0, 0.1) is 11.8 Å². The molecule has 0 heterocycles. The number of nitrogens with one attached hydrogen (secondary N) is 5. The fraction of sp³-hybridized carbons (Fsp3) is 0.531. The van der Waals surface area contributed by atoms with Crippen molar-refractivity contribution in [1.29, 1.82) is 0 Å². The summed E-state index contributed by atoms with van der Waals surface area (Å²) in [4.78, 5) is 136. The molecule has 2 aromatic carbocycles. The molecular formula is C49H68N6O15S. The van der Waals surface area contributed by atoms with E-state index in [0.717, 1.165) is 30.4 Å². The Bertz CT molecular complexity index is 2090. The lowest BCUT2D eigenvalue weighted by atomic mass is 9.89. The zero-order valence-corrected chi connectivity index (χ0v) is 40.6. The predicted molar refractivity (Wildman–Crippen MR) is 261 cm³/mol. The van der Waals surface area contributed by atoms with E-state index >= 15 is 0 Å². The van der Waals surface area contributed by atoms with E-state index in [2.05, 4.69) is 39.2 Å². The number of hydrogen-bond acceptors (Lipinski definition) is 13. The van der Waals surface area contributed by atoms with E-state index in [9.17, 15) is 68.1 Å². The molecule has 1 unspecified atom stereocenters. The molecule has 5 amide bonds. The molecule has 0 aliphatic rings. The van der Waals surface area contributed by atoms with Gasteiger partial charge in [0.15, 0.2) is 11.6 Å². The van der Waals surface area contributed by atoms with E-state index in [-0.39, 0.29) is 81.8 Å². The molecule has 71 heavy (non-hydrogen) atoms. The van der Waals surface area contributed by atoms with Crippen molar-refractivity contribution < 1.29 is 73.2 Å². The smallest absolute Gasteiger partial charge is 0.326 e. The zero-order chi connectivity index (χ0) is 52.7. The minimum Gasteiger partial charge on any atom is -0.481 e. The molecule has 0 spiro atoms. The predicted octanol–water partition coefficient (Wildman–Crippen LogP) is 2.61. The van der Waals surface area contributed by atoms with Crippen molar-refractivity contribution in [3.05, 3.63) is 71.8 Å². The Morgan fingerprint density at radius 3 is 1.65 bits per heavy atom. The van der Waals surface area contributed by atoms with Gasteiger partial charge in [-0.15, -0.1) is 0 Å². The van der Waals surface area contributed by atoms with Crippen LogP contribution in [0.3, 0.4) is 0 Å². The maximum absolute atomic E-state index is 14.1. The van der Waals surface area contributed by atoms with Crippen molar-refractivity contribution in [2.75, 3.05) is 18.8 Å². The number of hydrogen-bond donors (Lipinski definition) is 11. The molecule has 0 radical (unpaired) electrons. The third-order valence-corrected chi connectivity index (χ3v) is 11.8. The summed E-state index contributed by atoms with van der Waals surface area (Å²) < 4.78 is 0. The van der Waals surface area contributed by atoms with Gasteiger partial charge in [0.2, 0.25) is 17.7 Å². The number of carbonyl (C=O) groups is 11. The molecule has 390 valence electrons. The van der Waals surface area contributed by atoms with Gasteiger partial charge in [0.05, 0.1) is 24.4 Å². The van der Waals surface area contributed by atoms with Gasteiger partial charge >= 0.3 is 29.9 Å². The monoisotopic (exact) mass is 1010 g/mol. The van der Waals surface area contributed by atoms with Crippen LogP contribution in [0.25, 0.3) is 0 Å². The van der Waals surface area contributed by atoms with Crippen molar-refractivity contribution in [3.8, 4) is 0 Å². The summed E-state index contributed by atoms with van der Waals surface area (Å²) in [6, 6.07) is 11.8. The van der Waals surface area contributed by atoms with E-state index in [4.69, 9.17) is 10.8 Å². The average molecular weight is 1010 g/mol. The molecule has 0 aliphatic carbocycles. The van der Waals surface area contributed by atoms with Gasteiger partial charge in [0, 0.05) is 63.3 Å². The van der Waals surface area contributed by atoms with Gasteiger partial charge in [0.25, 0.3) is 0 Å². The molecule has 2 rings (SSSR count). The van der Waals surface area contributed by atoms with Gasteiger partial charge in [-0.1, -0.05) is 86.3 Å². The quantitative estimate of drug-likeness (QED) is 0.0340. The second-order valence-corrected chi connectivity index (χ2v) is 17.6. The number of amides is 5. The number of Topliss-reactive ketones (excluding diaryl/α,β-unsaturated/α-hetero) is 3. The first-order valence-electron chi connectivity index (χ1n) is 23.6. The van der Waals surface area contributed by atoms with Crippen LogP contribution in [-0.2, 0) is 60.8 Å². The van der Waals surface area contributed by atoms with E-state index in [1.165, 1.54) is 0 Å². The summed E-state index contributed by atoms with van der Waals surface area (Å²) >= 11 is 3.92. The summed E-state index contributed by atoms with van der Waals surface area (Å²) in [6.07, 6.45) is 2.83. The number of urea groups is 1. The molecule has 6 atom stereocenters. The van der Waals surface area contributed by atoms with Crippen LogP contribution in [-0.4, -0.2) is 128 Å². The molecule has 0 saturated heterocycles. The lowest BCUT2D eigenvalue weighted by molar-refractivity contribution is -0.144. The Hall–Kier alpha value is -6.68. The topological polar surface area (TPSA) is 355 Å². The van der Waals surface area contributed by atoms with Gasteiger partial charge in [-0.05, 0) is 49.7 Å². The van der Waals surface area contributed by atoms with Crippen LogP contribution in [0.5, 0.6) is 0 Å². The minimum atomic E-state index is -1.60. The number of aliphatic carboxylic acids is 4. The Kier molecular flexibility index (Phi) is 28.8. The molecule has 11 N–H and O–H groups in total. The Labute approximate surface area is 417 Å². The third kappa shape index (κ3) is 26.2. The summed E-state index contributed by atoms with van der Waals surface area (Å²) in [5.74, 6) is -10.9. The second-order valence-electron chi connectivity index (χ2n) is 17.3. The van der Waals surface area contributed by atoms with Gasteiger partial charge in [-0.2, -0.15) is 12.6 Å². The first kappa shape index (κ1) is 60.4. The first-order valence-corrected chi connectivity index (χ1v) is 24.2. The SMILES string of the molecule is N[C@@H](CNC(=O)[C@@H](CC(=O)[C@H](Cc1ccccc1)NC(=O)CCCCCCCCC(=O)CCC(NC(=O)NCCCC(=O)O)C(=O)O)Cc1ccccc1)C(=O)N[C@@H](CC(=O)O)C(=O)C[C@@H](CS)C(=O)O. The van der Waals surface area contributed by atoms with Crippen molar-refractivity contribution in [3.63, 3.8) is 0 Å². The lowest BCUT2D eigenvalue weighted by Gasteiger charge is -2.23. The lowest BCUT2D eigenvalue weighted by Crippen LogP contribution is -2.53. The Balaban J connectivity index is 1.95. The Morgan fingerprint density at radius 1 is 0.521 bits per heavy atom. The highest BCUT2D eigenvalue weighted by Crippen LogP contribution is 2.18. The largest absolute Gasteiger partial charge is 0.481 e. The van der Waals surface area contributed by atoms with E-state index in [1.807, 2.05) is 18.2 Å². The highest BCUT2D eigenvalue weighted by Gasteiger charge is 2.32. The molecule has 0 aliphatic heterocycles. The van der Waals surface area contributed by atoms with Crippen LogP contribution < -0.4 is 32.3 Å².